The molecule has 0 fully saturated rings. The van der Waals surface area contributed by atoms with Gasteiger partial charge in [-0.05, 0) is 50.3 Å². The molecule has 0 unspecified atom stereocenters. The van der Waals surface area contributed by atoms with Gasteiger partial charge in [0, 0.05) is 17.9 Å². The van der Waals surface area contributed by atoms with E-state index in [9.17, 15) is 13.2 Å². The lowest BCUT2D eigenvalue weighted by atomic mass is 10.0. The fourth-order valence-corrected chi connectivity index (χ4v) is 2.42. The normalized spacial score (nSPS) is 12.8. The van der Waals surface area contributed by atoms with Crippen LogP contribution in [0.2, 0.25) is 0 Å². The molecule has 0 saturated heterocycles. The Labute approximate surface area is 143 Å². The number of rotatable bonds is 8. The van der Waals surface area contributed by atoms with Crippen molar-refractivity contribution in [3.63, 3.8) is 0 Å². The van der Waals surface area contributed by atoms with Crippen LogP contribution in [0, 0.1) is 12.8 Å². The van der Waals surface area contributed by atoms with Gasteiger partial charge in [-0.1, -0.05) is 45.1 Å². The van der Waals surface area contributed by atoms with Crippen LogP contribution in [0.1, 0.15) is 51.2 Å². The largest absolute Gasteiger partial charge is 0.416 e. The Hall–Kier alpha value is -1.71. The monoisotopic (exact) mass is 339 g/mol. The van der Waals surface area contributed by atoms with Crippen LogP contribution in [-0.2, 0) is 6.18 Å². The first kappa shape index (κ1) is 20.3. The maximum Gasteiger partial charge on any atom is 0.416 e. The molecule has 0 radical (unpaired) electrons. The number of anilines is 1. The second-order valence-electron chi connectivity index (χ2n) is 6.53. The summed E-state index contributed by atoms with van der Waals surface area (Å²) in [6.45, 7) is 16.6. The van der Waals surface area contributed by atoms with Gasteiger partial charge < -0.3 is 4.90 Å². The van der Waals surface area contributed by atoms with Gasteiger partial charge >= 0.3 is 6.18 Å². The van der Waals surface area contributed by atoms with Crippen molar-refractivity contribution in [1.29, 1.82) is 0 Å². The van der Waals surface area contributed by atoms with E-state index in [-0.39, 0.29) is 5.92 Å². The molecule has 0 bridgehead atoms. The Bertz CT molecular complexity index is 587. The molecule has 1 aromatic rings. The summed E-state index contributed by atoms with van der Waals surface area (Å²) in [6.07, 6.45) is -1.59. The van der Waals surface area contributed by atoms with Gasteiger partial charge in [-0.15, -0.1) is 0 Å². The number of alkyl halides is 3. The number of nitrogens with zero attached hydrogens (tertiary/aromatic N) is 1. The van der Waals surface area contributed by atoms with Crippen molar-refractivity contribution in [2.24, 2.45) is 5.92 Å². The van der Waals surface area contributed by atoms with Crippen LogP contribution in [0.4, 0.5) is 18.9 Å². The van der Waals surface area contributed by atoms with E-state index in [0.29, 0.717) is 12.2 Å². The van der Waals surface area contributed by atoms with E-state index in [1.807, 2.05) is 25.7 Å². The van der Waals surface area contributed by atoms with Gasteiger partial charge in [0.2, 0.25) is 0 Å². The topological polar surface area (TPSA) is 3.24 Å². The van der Waals surface area contributed by atoms with Gasteiger partial charge in [0.15, 0.2) is 0 Å². The maximum atomic E-state index is 13.1. The highest BCUT2D eigenvalue weighted by Crippen LogP contribution is 2.35. The van der Waals surface area contributed by atoms with E-state index in [2.05, 4.69) is 20.1 Å². The molecule has 1 atom stereocenters. The van der Waals surface area contributed by atoms with Gasteiger partial charge in [-0.25, -0.2) is 0 Å². The molecule has 0 amide bonds. The molecule has 4 heteroatoms. The minimum Gasteiger partial charge on any atom is -0.345 e. The van der Waals surface area contributed by atoms with Crippen LogP contribution in [0.5, 0.6) is 0 Å². The summed E-state index contributed by atoms with van der Waals surface area (Å²) in [7, 11) is 0. The Morgan fingerprint density at radius 2 is 1.88 bits per heavy atom. The minimum atomic E-state index is -4.35. The average molecular weight is 339 g/mol. The number of allylic oxidation sites excluding steroid dienone is 1. The number of aryl methyl sites for hydroxylation is 1. The first-order valence-corrected chi connectivity index (χ1v) is 8.36. The van der Waals surface area contributed by atoms with Crippen molar-refractivity contribution >= 4 is 5.69 Å². The lowest BCUT2D eigenvalue weighted by molar-refractivity contribution is -0.137. The Balaban J connectivity index is 3.27. The van der Waals surface area contributed by atoms with Crippen molar-refractivity contribution in [2.75, 3.05) is 11.4 Å². The Kier molecular flexibility index (Phi) is 7.12. The van der Waals surface area contributed by atoms with Crippen LogP contribution in [0.3, 0.4) is 0 Å². The first-order chi connectivity index (χ1) is 11.1. The molecule has 0 aliphatic heterocycles. The van der Waals surface area contributed by atoms with E-state index >= 15 is 0 Å². The van der Waals surface area contributed by atoms with Crippen LogP contribution in [-0.4, -0.2) is 6.54 Å². The molecular formula is C20H28F3N. The average Bonchev–Trinajstić information content (AvgIpc) is 2.49. The molecule has 0 aromatic heterocycles. The third-order valence-corrected chi connectivity index (χ3v) is 4.33. The van der Waals surface area contributed by atoms with Crippen molar-refractivity contribution in [1.82, 2.24) is 0 Å². The quantitative estimate of drug-likeness (QED) is 0.474. The first-order valence-electron chi connectivity index (χ1n) is 8.36. The lowest BCUT2D eigenvalue weighted by Crippen LogP contribution is -2.29. The maximum absolute atomic E-state index is 13.1. The lowest BCUT2D eigenvalue weighted by Gasteiger charge is -2.32. The van der Waals surface area contributed by atoms with Crippen molar-refractivity contribution < 1.29 is 13.2 Å². The SMILES string of the molecule is C=C(C)[C@@H](C)CN(C(=C)CCCC)c1cc(C(F)(F)F)ccc1C. The Morgan fingerprint density at radius 1 is 1.25 bits per heavy atom. The molecule has 0 spiro atoms. The molecule has 1 aromatic carbocycles. The van der Waals surface area contributed by atoms with Crippen LogP contribution in [0.25, 0.3) is 0 Å². The van der Waals surface area contributed by atoms with Crippen LogP contribution in [0.15, 0.2) is 42.6 Å². The molecule has 0 saturated carbocycles. The minimum absolute atomic E-state index is 0.164. The zero-order valence-electron chi connectivity index (χ0n) is 15.1. The predicted molar refractivity (Wildman–Crippen MR) is 96.2 cm³/mol. The van der Waals surface area contributed by atoms with Gasteiger partial charge in [-0.2, -0.15) is 13.2 Å². The van der Waals surface area contributed by atoms with Crippen molar-refractivity contribution in [3.8, 4) is 0 Å². The highest BCUT2D eigenvalue weighted by Gasteiger charge is 2.31. The highest BCUT2D eigenvalue weighted by atomic mass is 19.4. The molecule has 1 nitrogen and oxygen atoms in total. The fraction of sp³-hybridized carbons (Fsp3) is 0.500. The van der Waals surface area contributed by atoms with Crippen LogP contribution >= 0.6 is 0 Å². The molecule has 24 heavy (non-hydrogen) atoms. The number of benzene rings is 1. The van der Waals surface area contributed by atoms with Crippen molar-refractivity contribution in [2.45, 2.75) is 53.1 Å². The fourth-order valence-electron chi connectivity index (χ4n) is 2.42. The summed E-state index contributed by atoms with van der Waals surface area (Å²) in [4.78, 5) is 1.93. The summed E-state index contributed by atoms with van der Waals surface area (Å²) in [5, 5.41) is 0. The number of unbranched alkanes of at least 4 members (excludes halogenated alkanes) is 1. The molecule has 0 heterocycles. The summed E-state index contributed by atoms with van der Waals surface area (Å²) >= 11 is 0. The smallest absolute Gasteiger partial charge is 0.345 e. The van der Waals surface area contributed by atoms with Gasteiger partial charge in [-0.3, -0.25) is 0 Å². The zero-order chi connectivity index (χ0) is 18.5. The molecule has 1 rings (SSSR count). The molecule has 0 N–H and O–H groups in total. The molecular weight excluding hydrogens is 311 g/mol. The van der Waals surface area contributed by atoms with Gasteiger partial charge in [0.25, 0.3) is 0 Å². The second-order valence-corrected chi connectivity index (χ2v) is 6.53. The summed E-state index contributed by atoms with van der Waals surface area (Å²) in [6, 6.07) is 3.90. The standard InChI is InChI=1S/C20H28F3N/c1-7-8-9-17(6)24(13-16(5)14(2)3)19-12-18(20(21,22)23)11-10-15(19)4/h10-12,16H,2,6-9,13H2,1,3-5H3/t16-/m0/s1. The van der Waals surface area contributed by atoms with Crippen molar-refractivity contribution in [3.05, 3.63) is 53.8 Å². The van der Waals surface area contributed by atoms with Crippen LogP contribution < -0.4 is 4.90 Å². The summed E-state index contributed by atoms with van der Waals surface area (Å²) in [5.41, 5.74) is 2.63. The number of hydrogen-bond acceptors (Lipinski definition) is 1. The third kappa shape index (κ3) is 5.43. The third-order valence-electron chi connectivity index (χ3n) is 4.33. The van der Waals surface area contributed by atoms with E-state index in [4.69, 9.17) is 0 Å². The summed E-state index contributed by atoms with van der Waals surface area (Å²) in [5.74, 6) is 0.164. The van der Waals surface area contributed by atoms with E-state index in [1.54, 1.807) is 0 Å². The van der Waals surface area contributed by atoms with E-state index in [1.165, 1.54) is 12.1 Å². The Morgan fingerprint density at radius 3 is 2.38 bits per heavy atom. The molecule has 0 aliphatic rings. The highest BCUT2D eigenvalue weighted by molar-refractivity contribution is 5.59. The predicted octanol–water partition coefficient (Wildman–Crippen LogP) is 6.74. The van der Waals surface area contributed by atoms with E-state index < -0.39 is 11.7 Å². The van der Waals surface area contributed by atoms with E-state index in [0.717, 1.165) is 42.2 Å². The van der Waals surface area contributed by atoms with Gasteiger partial charge in [0.05, 0.1) is 5.56 Å². The second kappa shape index (κ2) is 8.41. The van der Waals surface area contributed by atoms with Gasteiger partial charge in [0.1, 0.15) is 0 Å². The number of hydrogen-bond donors (Lipinski definition) is 0. The molecule has 134 valence electrons. The number of halogens is 3. The molecule has 0 aliphatic carbocycles. The zero-order valence-corrected chi connectivity index (χ0v) is 15.1. The summed E-state index contributed by atoms with van der Waals surface area (Å²) < 4.78 is 39.3.